The first kappa shape index (κ1) is 11.3. The van der Waals surface area contributed by atoms with Gasteiger partial charge in [0.15, 0.2) is 0 Å². The molecule has 2 nitrogen and oxygen atoms in total. The summed E-state index contributed by atoms with van der Waals surface area (Å²) in [5.41, 5.74) is 3.74. The molecule has 0 atom stereocenters. The van der Waals surface area contributed by atoms with Gasteiger partial charge in [-0.15, -0.1) is 0 Å². The maximum absolute atomic E-state index is 10.4. The van der Waals surface area contributed by atoms with Crippen LogP contribution in [0.1, 0.15) is 5.56 Å². The second-order valence-corrected chi connectivity index (χ2v) is 3.67. The third-order valence-corrected chi connectivity index (χ3v) is 2.60. The number of rotatable bonds is 3. The summed E-state index contributed by atoms with van der Waals surface area (Å²) in [6.45, 7) is 3.86. The summed E-state index contributed by atoms with van der Waals surface area (Å²) in [4.78, 5) is 14.1. The van der Waals surface area contributed by atoms with E-state index in [9.17, 15) is 4.79 Å². The van der Waals surface area contributed by atoms with E-state index in [1.165, 1.54) is 0 Å². The smallest absolute Gasteiger partial charge is 0.211 e. The molecule has 83 valence electrons. The summed E-state index contributed by atoms with van der Waals surface area (Å²) in [6, 6.07) is 15.6. The quantitative estimate of drug-likeness (QED) is 0.575. The van der Waals surface area contributed by atoms with Crippen molar-refractivity contribution in [2.75, 3.05) is 0 Å². The van der Waals surface area contributed by atoms with Crippen LogP contribution in [0.4, 0.5) is 5.69 Å². The lowest BCUT2D eigenvalue weighted by molar-refractivity contribution is 0.565. The van der Waals surface area contributed by atoms with Crippen molar-refractivity contribution in [3.05, 3.63) is 61.0 Å². The van der Waals surface area contributed by atoms with Gasteiger partial charge in [0.25, 0.3) is 0 Å². The molecule has 0 amide bonds. The van der Waals surface area contributed by atoms with Crippen molar-refractivity contribution in [1.29, 1.82) is 0 Å². The van der Waals surface area contributed by atoms with Crippen LogP contribution in [-0.2, 0) is 11.2 Å². The average molecular weight is 222 g/mol. The maximum atomic E-state index is 10.4. The van der Waals surface area contributed by atoms with Gasteiger partial charge in [0, 0.05) is 5.56 Å². The lowest BCUT2D eigenvalue weighted by atomic mass is 10.0. The molecule has 1 radical (unpaired) electrons. The molecule has 17 heavy (non-hydrogen) atoms. The van der Waals surface area contributed by atoms with Gasteiger partial charge in [-0.05, 0) is 36.6 Å². The molecule has 0 N–H and O–H groups in total. The molecular formula is C15H12NO. The van der Waals surface area contributed by atoms with Crippen LogP contribution in [-0.4, -0.2) is 6.08 Å². The van der Waals surface area contributed by atoms with E-state index in [1.807, 2.05) is 48.5 Å². The van der Waals surface area contributed by atoms with Crippen molar-refractivity contribution in [1.82, 2.24) is 0 Å². The number of aliphatic imine (C=N–C) groups is 1. The van der Waals surface area contributed by atoms with E-state index in [4.69, 9.17) is 0 Å². The molecule has 0 aliphatic carbocycles. The van der Waals surface area contributed by atoms with E-state index in [0.717, 1.165) is 16.7 Å². The van der Waals surface area contributed by atoms with Crippen molar-refractivity contribution in [3.8, 4) is 11.1 Å². The van der Waals surface area contributed by atoms with Crippen LogP contribution in [0, 0.1) is 6.92 Å². The highest BCUT2D eigenvalue weighted by Gasteiger charge is 2.05. The van der Waals surface area contributed by atoms with Crippen molar-refractivity contribution in [2.45, 2.75) is 6.42 Å². The first-order valence-electron chi connectivity index (χ1n) is 5.40. The third-order valence-electron chi connectivity index (χ3n) is 2.60. The van der Waals surface area contributed by atoms with Crippen molar-refractivity contribution >= 4 is 11.8 Å². The fraction of sp³-hybridized carbons (Fsp3) is 0.0667. The number of hydrogen-bond donors (Lipinski definition) is 0. The minimum Gasteiger partial charge on any atom is -0.211 e. The van der Waals surface area contributed by atoms with Crippen LogP contribution in [0.25, 0.3) is 11.1 Å². The SMILES string of the molecule is [CH2]Cc1ccc(N=C=O)c(-c2ccccc2)c1. The molecular weight excluding hydrogens is 210 g/mol. The normalized spacial score (nSPS) is 9.71. The first-order valence-corrected chi connectivity index (χ1v) is 5.40. The lowest BCUT2D eigenvalue weighted by Gasteiger charge is -2.07. The van der Waals surface area contributed by atoms with Crippen molar-refractivity contribution in [2.24, 2.45) is 4.99 Å². The zero-order valence-electron chi connectivity index (χ0n) is 9.39. The molecule has 0 unspecified atom stereocenters. The fourth-order valence-electron chi connectivity index (χ4n) is 1.73. The molecule has 0 saturated heterocycles. The van der Waals surface area contributed by atoms with E-state index in [2.05, 4.69) is 11.9 Å². The Hall–Kier alpha value is -2.18. The number of benzene rings is 2. The Morgan fingerprint density at radius 2 is 1.88 bits per heavy atom. The highest BCUT2D eigenvalue weighted by atomic mass is 16.1. The summed E-state index contributed by atoms with van der Waals surface area (Å²) in [5.74, 6) is 0. The summed E-state index contributed by atoms with van der Waals surface area (Å²) in [5, 5.41) is 0. The molecule has 0 saturated carbocycles. The standard InChI is InChI=1S/C15H12NO/c1-2-12-8-9-15(16-11-17)14(10-12)13-6-4-3-5-7-13/h3-10H,1-2H2. The fourth-order valence-corrected chi connectivity index (χ4v) is 1.73. The monoisotopic (exact) mass is 222 g/mol. The molecule has 2 rings (SSSR count). The van der Waals surface area contributed by atoms with Gasteiger partial charge in [-0.25, -0.2) is 4.79 Å². The van der Waals surface area contributed by atoms with Gasteiger partial charge >= 0.3 is 0 Å². The Bertz CT molecular complexity index is 554. The summed E-state index contributed by atoms with van der Waals surface area (Å²) < 4.78 is 0. The second-order valence-electron chi connectivity index (χ2n) is 3.67. The topological polar surface area (TPSA) is 29.4 Å². The third kappa shape index (κ3) is 2.49. The summed E-state index contributed by atoms with van der Waals surface area (Å²) in [6.07, 6.45) is 2.30. The van der Waals surface area contributed by atoms with Gasteiger partial charge in [0.1, 0.15) is 0 Å². The van der Waals surface area contributed by atoms with Crippen LogP contribution in [0.2, 0.25) is 0 Å². The molecule has 0 fully saturated rings. The molecule has 2 heteroatoms. The number of isocyanates is 1. The van der Waals surface area contributed by atoms with Crippen LogP contribution < -0.4 is 0 Å². The largest absolute Gasteiger partial charge is 0.240 e. The van der Waals surface area contributed by atoms with Crippen molar-refractivity contribution < 1.29 is 4.79 Å². The zero-order valence-corrected chi connectivity index (χ0v) is 9.39. The second kappa shape index (κ2) is 5.24. The van der Waals surface area contributed by atoms with E-state index in [-0.39, 0.29) is 0 Å². The van der Waals surface area contributed by atoms with Crippen LogP contribution in [0.15, 0.2) is 53.5 Å². The molecule has 0 heterocycles. The van der Waals surface area contributed by atoms with Crippen LogP contribution >= 0.6 is 0 Å². The summed E-state index contributed by atoms with van der Waals surface area (Å²) >= 11 is 0. The molecule has 0 bridgehead atoms. The Balaban J connectivity index is 2.60. The zero-order chi connectivity index (χ0) is 12.1. The molecule has 2 aromatic carbocycles. The highest BCUT2D eigenvalue weighted by Crippen LogP contribution is 2.30. The van der Waals surface area contributed by atoms with Crippen LogP contribution in [0.5, 0.6) is 0 Å². The summed E-state index contributed by atoms with van der Waals surface area (Å²) in [7, 11) is 0. The van der Waals surface area contributed by atoms with Crippen molar-refractivity contribution in [3.63, 3.8) is 0 Å². The molecule has 0 spiro atoms. The van der Waals surface area contributed by atoms with Gasteiger partial charge in [-0.3, -0.25) is 0 Å². The van der Waals surface area contributed by atoms with E-state index >= 15 is 0 Å². The van der Waals surface area contributed by atoms with E-state index in [1.54, 1.807) is 6.08 Å². The Morgan fingerprint density at radius 1 is 1.12 bits per heavy atom. The minimum absolute atomic E-state index is 0.642. The highest BCUT2D eigenvalue weighted by molar-refractivity contribution is 5.77. The molecule has 0 aliphatic heterocycles. The Morgan fingerprint density at radius 3 is 2.53 bits per heavy atom. The number of carbonyl (C=O) groups excluding carboxylic acids is 1. The van der Waals surface area contributed by atoms with Gasteiger partial charge in [0.2, 0.25) is 6.08 Å². The van der Waals surface area contributed by atoms with E-state index < -0.39 is 0 Å². The predicted molar refractivity (Wildman–Crippen MR) is 68.7 cm³/mol. The minimum atomic E-state index is 0.642. The first-order chi connectivity index (χ1) is 8.35. The average Bonchev–Trinajstić information content (AvgIpc) is 2.40. The maximum Gasteiger partial charge on any atom is 0.240 e. The molecule has 2 aromatic rings. The van der Waals surface area contributed by atoms with Gasteiger partial charge in [-0.1, -0.05) is 36.4 Å². The van der Waals surface area contributed by atoms with Gasteiger partial charge in [0.05, 0.1) is 5.69 Å². The predicted octanol–water partition coefficient (Wildman–Crippen LogP) is 3.70. The molecule has 0 aromatic heterocycles. The Kier molecular flexibility index (Phi) is 3.49. The van der Waals surface area contributed by atoms with Gasteiger partial charge < -0.3 is 0 Å². The Labute approximate surface area is 101 Å². The number of nitrogens with zero attached hydrogens (tertiary/aromatic N) is 1. The van der Waals surface area contributed by atoms with Gasteiger partial charge in [-0.2, -0.15) is 4.99 Å². The molecule has 0 aliphatic rings. The van der Waals surface area contributed by atoms with E-state index in [0.29, 0.717) is 12.1 Å². The lowest BCUT2D eigenvalue weighted by Crippen LogP contribution is -1.84. The number of hydrogen-bond acceptors (Lipinski definition) is 2. The van der Waals surface area contributed by atoms with Crippen LogP contribution in [0.3, 0.4) is 0 Å².